The van der Waals surface area contributed by atoms with Gasteiger partial charge < -0.3 is 20.7 Å². The molecule has 1 aliphatic rings. The van der Waals surface area contributed by atoms with Crippen molar-refractivity contribution in [2.75, 3.05) is 29.9 Å². The number of amides is 2. The Balaban J connectivity index is 1.67. The summed E-state index contributed by atoms with van der Waals surface area (Å²) >= 11 is 0. The van der Waals surface area contributed by atoms with Crippen LogP contribution in [0.4, 0.5) is 11.4 Å². The summed E-state index contributed by atoms with van der Waals surface area (Å²) < 4.78 is 5.79. The molecule has 0 spiro atoms. The fourth-order valence-electron chi connectivity index (χ4n) is 3.55. The first-order chi connectivity index (χ1) is 14.0. The number of piperidine rings is 1. The number of nitrogens with one attached hydrogen (secondary N) is 1. The standard InChI is InChI=1S/C23H29N3O3/c1-16-7-6-8-21(17(16)2)29-14-11-22(27)25-19-15-18(23(24)28)9-10-20(19)26-12-4-3-5-13-26/h6-10,15H,3-5,11-14H2,1-2H3,(H2,24,28)(H,25,27). The van der Waals surface area contributed by atoms with Gasteiger partial charge in [-0.05, 0) is 68.5 Å². The van der Waals surface area contributed by atoms with Crippen molar-refractivity contribution in [1.82, 2.24) is 0 Å². The summed E-state index contributed by atoms with van der Waals surface area (Å²) in [5, 5.41) is 2.95. The number of hydrogen-bond donors (Lipinski definition) is 2. The van der Waals surface area contributed by atoms with Crippen LogP contribution in [0, 0.1) is 13.8 Å². The van der Waals surface area contributed by atoms with Crippen LogP contribution in [0.15, 0.2) is 36.4 Å². The monoisotopic (exact) mass is 395 g/mol. The normalized spacial score (nSPS) is 13.8. The molecule has 3 N–H and O–H groups in total. The average Bonchev–Trinajstić information content (AvgIpc) is 2.71. The number of primary amides is 1. The zero-order valence-corrected chi connectivity index (χ0v) is 17.2. The highest BCUT2D eigenvalue weighted by atomic mass is 16.5. The highest BCUT2D eigenvalue weighted by molar-refractivity contribution is 5.99. The number of aryl methyl sites for hydroxylation is 1. The fourth-order valence-corrected chi connectivity index (χ4v) is 3.55. The number of nitrogens with zero attached hydrogens (tertiary/aromatic N) is 1. The van der Waals surface area contributed by atoms with E-state index in [-0.39, 0.29) is 18.9 Å². The minimum absolute atomic E-state index is 0.157. The van der Waals surface area contributed by atoms with Crippen molar-refractivity contribution >= 4 is 23.2 Å². The SMILES string of the molecule is Cc1cccc(OCCC(=O)Nc2cc(C(N)=O)ccc2N2CCCCC2)c1C. The second-order valence-electron chi connectivity index (χ2n) is 7.49. The number of carbonyl (C=O) groups is 2. The van der Waals surface area contributed by atoms with Crippen LogP contribution in [-0.2, 0) is 4.79 Å². The first-order valence-electron chi connectivity index (χ1n) is 10.1. The fraction of sp³-hybridized carbons (Fsp3) is 0.391. The van der Waals surface area contributed by atoms with Crippen LogP contribution >= 0.6 is 0 Å². The van der Waals surface area contributed by atoms with Crippen LogP contribution in [0.5, 0.6) is 5.75 Å². The van der Waals surface area contributed by atoms with Crippen molar-refractivity contribution in [1.29, 1.82) is 0 Å². The van der Waals surface area contributed by atoms with Gasteiger partial charge in [0.15, 0.2) is 0 Å². The van der Waals surface area contributed by atoms with Gasteiger partial charge in [-0.2, -0.15) is 0 Å². The molecule has 2 aromatic rings. The van der Waals surface area contributed by atoms with Crippen LogP contribution in [0.25, 0.3) is 0 Å². The maximum absolute atomic E-state index is 12.5. The van der Waals surface area contributed by atoms with Gasteiger partial charge in [-0.15, -0.1) is 0 Å². The largest absolute Gasteiger partial charge is 0.493 e. The molecule has 0 aromatic heterocycles. The Morgan fingerprint density at radius 1 is 1.10 bits per heavy atom. The first kappa shape index (κ1) is 20.7. The lowest BCUT2D eigenvalue weighted by atomic mass is 10.1. The molecule has 1 aliphatic heterocycles. The number of ether oxygens (including phenoxy) is 1. The number of rotatable bonds is 7. The third-order valence-corrected chi connectivity index (χ3v) is 5.39. The molecule has 0 atom stereocenters. The van der Waals surface area contributed by atoms with Gasteiger partial charge >= 0.3 is 0 Å². The highest BCUT2D eigenvalue weighted by Crippen LogP contribution is 2.30. The lowest BCUT2D eigenvalue weighted by Gasteiger charge is -2.30. The highest BCUT2D eigenvalue weighted by Gasteiger charge is 2.17. The van der Waals surface area contributed by atoms with Crippen LogP contribution in [-0.4, -0.2) is 31.5 Å². The number of hydrogen-bond acceptors (Lipinski definition) is 4. The average molecular weight is 396 g/mol. The molecular weight excluding hydrogens is 366 g/mol. The molecule has 0 saturated carbocycles. The zero-order chi connectivity index (χ0) is 20.8. The predicted octanol–water partition coefficient (Wildman–Crippen LogP) is 3.80. The van der Waals surface area contributed by atoms with Crippen molar-refractivity contribution in [3.05, 3.63) is 53.1 Å². The molecule has 154 valence electrons. The first-order valence-corrected chi connectivity index (χ1v) is 10.1. The Hall–Kier alpha value is -3.02. The van der Waals surface area contributed by atoms with E-state index in [4.69, 9.17) is 10.5 Å². The molecule has 0 unspecified atom stereocenters. The summed E-state index contributed by atoms with van der Waals surface area (Å²) in [4.78, 5) is 26.4. The third kappa shape index (κ3) is 5.28. The molecule has 1 heterocycles. The lowest BCUT2D eigenvalue weighted by molar-refractivity contribution is -0.116. The maximum Gasteiger partial charge on any atom is 0.248 e. The molecule has 1 saturated heterocycles. The van der Waals surface area contributed by atoms with E-state index in [2.05, 4.69) is 10.2 Å². The minimum atomic E-state index is -0.510. The Morgan fingerprint density at radius 2 is 1.86 bits per heavy atom. The van der Waals surface area contributed by atoms with Gasteiger partial charge in [-0.3, -0.25) is 9.59 Å². The van der Waals surface area contributed by atoms with Crippen molar-refractivity contribution in [2.45, 2.75) is 39.5 Å². The van der Waals surface area contributed by atoms with E-state index in [9.17, 15) is 9.59 Å². The molecule has 3 rings (SSSR count). The molecule has 1 fully saturated rings. The molecule has 0 radical (unpaired) electrons. The van der Waals surface area contributed by atoms with Crippen molar-refractivity contribution in [3.63, 3.8) is 0 Å². The molecule has 29 heavy (non-hydrogen) atoms. The van der Waals surface area contributed by atoms with E-state index in [0.717, 1.165) is 48.5 Å². The third-order valence-electron chi connectivity index (χ3n) is 5.39. The number of benzene rings is 2. The van der Waals surface area contributed by atoms with Crippen molar-refractivity contribution < 1.29 is 14.3 Å². The molecule has 6 nitrogen and oxygen atoms in total. The minimum Gasteiger partial charge on any atom is -0.493 e. The van der Waals surface area contributed by atoms with E-state index in [0.29, 0.717) is 11.3 Å². The Labute approximate surface area is 172 Å². The van der Waals surface area contributed by atoms with E-state index < -0.39 is 5.91 Å². The second kappa shape index (κ2) is 9.45. The van der Waals surface area contributed by atoms with E-state index in [1.54, 1.807) is 12.1 Å². The second-order valence-corrected chi connectivity index (χ2v) is 7.49. The molecule has 0 aliphatic carbocycles. The number of anilines is 2. The summed E-state index contributed by atoms with van der Waals surface area (Å²) in [5.41, 5.74) is 9.60. The summed E-state index contributed by atoms with van der Waals surface area (Å²) in [6.07, 6.45) is 3.67. The van der Waals surface area contributed by atoms with E-state index >= 15 is 0 Å². The summed E-state index contributed by atoms with van der Waals surface area (Å²) in [6.45, 7) is 6.20. The van der Waals surface area contributed by atoms with Crippen LogP contribution in [0.1, 0.15) is 47.2 Å². The number of nitrogens with two attached hydrogens (primary N) is 1. The Morgan fingerprint density at radius 3 is 2.59 bits per heavy atom. The predicted molar refractivity (Wildman–Crippen MR) is 116 cm³/mol. The summed E-state index contributed by atoms with van der Waals surface area (Å²) in [5.74, 6) is 0.127. The molecule has 6 heteroatoms. The van der Waals surface area contributed by atoms with Crippen LogP contribution < -0.4 is 20.7 Å². The van der Waals surface area contributed by atoms with Crippen LogP contribution in [0.2, 0.25) is 0 Å². The lowest BCUT2D eigenvalue weighted by Crippen LogP contribution is -2.30. The van der Waals surface area contributed by atoms with Gasteiger partial charge in [0.2, 0.25) is 11.8 Å². The van der Waals surface area contributed by atoms with Gasteiger partial charge in [-0.1, -0.05) is 12.1 Å². The summed E-state index contributed by atoms with van der Waals surface area (Å²) in [7, 11) is 0. The molecular formula is C23H29N3O3. The van der Waals surface area contributed by atoms with Gasteiger partial charge in [0.05, 0.1) is 24.4 Å². The van der Waals surface area contributed by atoms with Crippen molar-refractivity contribution in [2.24, 2.45) is 5.73 Å². The van der Waals surface area contributed by atoms with Gasteiger partial charge in [0, 0.05) is 18.7 Å². The quantitative estimate of drug-likeness (QED) is 0.747. The van der Waals surface area contributed by atoms with Crippen molar-refractivity contribution in [3.8, 4) is 5.75 Å². The van der Waals surface area contributed by atoms with Crippen LogP contribution in [0.3, 0.4) is 0 Å². The Bertz CT molecular complexity index is 889. The molecule has 2 amide bonds. The topological polar surface area (TPSA) is 84.7 Å². The van der Waals surface area contributed by atoms with Gasteiger partial charge in [-0.25, -0.2) is 0 Å². The number of carbonyl (C=O) groups excluding carboxylic acids is 2. The van der Waals surface area contributed by atoms with E-state index in [1.165, 1.54) is 6.42 Å². The maximum atomic E-state index is 12.5. The van der Waals surface area contributed by atoms with E-state index in [1.807, 2.05) is 38.1 Å². The Kier molecular flexibility index (Phi) is 6.75. The zero-order valence-electron chi connectivity index (χ0n) is 17.2. The summed E-state index contributed by atoms with van der Waals surface area (Å²) in [6, 6.07) is 11.1. The van der Waals surface area contributed by atoms with Gasteiger partial charge in [0.1, 0.15) is 5.75 Å². The smallest absolute Gasteiger partial charge is 0.248 e. The molecule has 0 bridgehead atoms. The molecule has 2 aromatic carbocycles. The van der Waals surface area contributed by atoms with Gasteiger partial charge in [0.25, 0.3) is 0 Å².